The van der Waals surface area contributed by atoms with Crippen LogP contribution in [0.15, 0.2) is 24.3 Å². The van der Waals surface area contributed by atoms with Crippen LogP contribution >= 0.6 is 24.8 Å². The van der Waals surface area contributed by atoms with Crippen LogP contribution in [0.25, 0.3) is 0 Å². The molecule has 0 aliphatic carbocycles. The van der Waals surface area contributed by atoms with Gasteiger partial charge in [0, 0.05) is 26.2 Å². The number of carbonyl (C=O) groups excluding carboxylic acids is 1. The highest BCUT2D eigenvalue weighted by molar-refractivity contribution is 5.85. The van der Waals surface area contributed by atoms with Gasteiger partial charge in [0.05, 0.1) is 0 Å². The summed E-state index contributed by atoms with van der Waals surface area (Å²) in [5.74, 6) is 0.146. The van der Waals surface area contributed by atoms with Crippen LogP contribution in [0.3, 0.4) is 0 Å². The topological polar surface area (TPSA) is 46.3 Å². The molecule has 1 aromatic carbocycles. The zero-order valence-corrected chi connectivity index (χ0v) is 11.1. The molecule has 0 spiro atoms. The average Bonchev–Trinajstić information content (AvgIpc) is 2.14. The second kappa shape index (κ2) is 8.25. The van der Waals surface area contributed by atoms with Crippen LogP contribution in [-0.4, -0.2) is 24.9 Å². The summed E-state index contributed by atoms with van der Waals surface area (Å²) >= 11 is 0. The van der Waals surface area contributed by atoms with Gasteiger partial charge in [-0.25, -0.2) is 0 Å². The summed E-state index contributed by atoms with van der Waals surface area (Å²) in [6, 6.07) is 7.64. The van der Waals surface area contributed by atoms with E-state index in [2.05, 4.69) is 0 Å². The zero-order valence-electron chi connectivity index (χ0n) is 9.47. The molecule has 1 rings (SSSR count). The lowest BCUT2D eigenvalue weighted by atomic mass is 10.1. The molecule has 3 nitrogen and oxygen atoms in total. The molecule has 0 saturated carbocycles. The predicted molar refractivity (Wildman–Crippen MR) is 72.4 cm³/mol. The summed E-state index contributed by atoms with van der Waals surface area (Å²) in [5, 5.41) is 0. The van der Waals surface area contributed by atoms with E-state index in [-0.39, 0.29) is 30.7 Å². The Labute approximate surface area is 109 Å². The fourth-order valence-electron chi connectivity index (χ4n) is 1.22. The molecule has 0 aliphatic rings. The van der Waals surface area contributed by atoms with E-state index >= 15 is 0 Å². The Bertz CT molecular complexity index is 330. The number of nitrogens with two attached hydrogens (primary N) is 1. The fourth-order valence-corrected chi connectivity index (χ4v) is 1.22. The molecule has 1 aromatic rings. The van der Waals surface area contributed by atoms with Gasteiger partial charge in [-0.3, -0.25) is 4.79 Å². The van der Waals surface area contributed by atoms with Crippen molar-refractivity contribution in [3.05, 3.63) is 29.8 Å². The molecule has 0 radical (unpaired) electrons. The fraction of sp³-hybridized carbons (Fsp3) is 0.364. The Kier molecular flexibility index (Phi) is 9.00. The van der Waals surface area contributed by atoms with E-state index in [0.717, 1.165) is 17.7 Å². The number of amides is 1. The maximum Gasteiger partial charge on any atom is 0.222 e. The second-order valence-corrected chi connectivity index (χ2v) is 3.53. The molecule has 0 atom stereocenters. The second-order valence-electron chi connectivity index (χ2n) is 3.53. The number of nitrogen functional groups attached to an aromatic ring is 1. The third-order valence-electron chi connectivity index (χ3n) is 2.08. The Hall–Kier alpha value is -0.930. The lowest BCUT2D eigenvalue weighted by molar-refractivity contribution is -0.128. The monoisotopic (exact) mass is 264 g/mol. The van der Waals surface area contributed by atoms with Crippen molar-refractivity contribution in [3.8, 4) is 0 Å². The highest BCUT2D eigenvalue weighted by Crippen LogP contribution is 2.08. The molecule has 5 heteroatoms. The first kappa shape index (κ1) is 17.5. The minimum absolute atomic E-state index is 0. The smallest absolute Gasteiger partial charge is 0.222 e. The number of rotatable bonds is 3. The van der Waals surface area contributed by atoms with E-state index in [4.69, 9.17) is 5.73 Å². The van der Waals surface area contributed by atoms with E-state index in [1.54, 1.807) is 19.0 Å². The van der Waals surface area contributed by atoms with Crippen molar-refractivity contribution in [1.82, 2.24) is 4.90 Å². The van der Waals surface area contributed by atoms with E-state index in [9.17, 15) is 4.79 Å². The van der Waals surface area contributed by atoms with Crippen molar-refractivity contribution in [2.24, 2.45) is 0 Å². The number of aryl methyl sites for hydroxylation is 1. The molecule has 0 aromatic heterocycles. The number of benzene rings is 1. The van der Waals surface area contributed by atoms with Crippen LogP contribution < -0.4 is 5.73 Å². The summed E-state index contributed by atoms with van der Waals surface area (Å²) in [6.07, 6.45) is 1.29. The molecule has 1 amide bonds. The highest BCUT2D eigenvalue weighted by Gasteiger charge is 2.03. The van der Waals surface area contributed by atoms with Gasteiger partial charge >= 0.3 is 0 Å². The third kappa shape index (κ3) is 5.83. The van der Waals surface area contributed by atoms with Gasteiger partial charge in [-0.2, -0.15) is 0 Å². The van der Waals surface area contributed by atoms with Gasteiger partial charge in [0.15, 0.2) is 0 Å². The van der Waals surface area contributed by atoms with Gasteiger partial charge in [-0.1, -0.05) is 12.1 Å². The molecule has 0 heterocycles. The minimum Gasteiger partial charge on any atom is -0.399 e. The molecule has 0 unspecified atom stereocenters. The van der Waals surface area contributed by atoms with Crippen molar-refractivity contribution in [3.63, 3.8) is 0 Å². The van der Waals surface area contributed by atoms with Crippen LogP contribution in [0.2, 0.25) is 0 Å². The molecule has 0 bridgehead atoms. The van der Waals surface area contributed by atoms with Gasteiger partial charge in [-0.15, -0.1) is 24.8 Å². The molecule has 92 valence electrons. The Morgan fingerprint density at radius 2 is 1.94 bits per heavy atom. The van der Waals surface area contributed by atoms with Crippen LogP contribution in [0, 0.1) is 0 Å². The maximum absolute atomic E-state index is 11.3. The lowest BCUT2D eigenvalue weighted by Crippen LogP contribution is -2.21. The van der Waals surface area contributed by atoms with Crippen molar-refractivity contribution in [1.29, 1.82) is 0 Å². The summed E-state index contributed by atoms with van der Waals surface area (Å²) in [4.78, 5) is 12.9. The van der Waals surface area contributed by atoms with Gasteiger partial charge in [0.2, 0.25) is 5.91 Å². The minimum atomic E-state index is 0. The van der Waals surface area contributed by atoms with Crippen LogP contribution in [0.5, 0.6) is 0 Å². The lowest BCUT2D eigenvalue weighted by Gasteiger charge is -2.09. The molecule has 0 aliphatic heterocycles. The number of hydrogen-bond acceptors (Lipinski definition) is 2. The molecular weight excluding hydrogens is 247 g/mol. The molecule has 16 heavy (non-hydrogen) atoms. The summed E-state index contributed by atoms with van der Waals surface area (Å²) in [7, 11) is 3.53. The predicted octanol–water partition coefficient (Wildman–Crippen LogP) is 2.13. The summed E-state index contributed by atoms with van der Waals surface area (Å²) in [6.45, 7) is 0. The highest BCUT2D eigenvalue weighted by atomic mass is 35.5. The van der Waals surface area contributed by atoms with Crippen molar-refractivity contribution < 1.29 is 4.79 Å². The van der Waals surface area contributed by atoms with E-state index in [1.807, 2.05) is 24.3 Å². The van der Waals surface area contributed by atoms with Gasteiger partial charge < -0.3 is 10.6 Å². The Balaban J connectivity index is 0. The zero-order chi connectivity index (χ0) is 10.6. The van der Waals surface area contributed by atoms with Crippen molar-refractivity contribution in [2.45, 2.75) is 12.8 Å². The van der Waals surface area contributed by atoms with Gasteiger partial charge in [0.1, 0.15) is 0 Å². The quantitative estimate of drug-likeness (QED) is 0.851. The normalized spacial score (nSPS) is 8.62. The summed E-state index contributed by atoms with van der Waals surface area (Å²) < 4.78 is 0. The Morgan fingerprint density at radius 1 is 1.31 bits per heavy atom. The van der Waals surface area contributed by atoms with Crippen molar-refractivity contribution in [2.75, 3.05) is 19.8 Å². The number of anilines is 1. The molecule has 0 fully saturated rings. The average molecular weight is 265 g/mol. The Morgan fingerprint density at radius 3 is 2.44 bits per heavy atom. The number of carbonyl (C=O) groups is 1. The number of hydrogen-bond donors (Lipinski definition) is 1. The maximum atomic E-state index is 11.3. The molecule has 0 saturated heterocycles. The standard InChI is InChI=1S/C11H16N2O.2ClH/c1-13(2)11(14)7-6-9-4-3-5-10(12)8-9;;/h3-5,8H,6-7,12H2,1-2H3;2*1H. The van der Waals surface area contributed by atoms with Crippen LogP contribution in [0.4, 0.5) is 5.69 Å². The summed E-state index contributed by atoms with van der Waals surface area (Å²) in [5.41, 5.74) is 7.49. The first-order valence-corrected chi connectivity index (χ1v) is 4.64. The third-order valence-corrected chi connectivity index (χ3v) is 2.08. The number of halogens is 2. The van der Waals surface area contributed by atoms with Crippen LogP contribution in [0.1, 0.15) is 12.0 Å². The first-order valence-electron chi connectivity index (χ1n) is 4.64. The van der Waals surface area contributed by atoms with E-state index < -0.39 is 0 Å². The molecule has 2 N–H and O–H groups in total. The van der Waals surface area contributed by atoms with E-state index in [0.29, 0.717) is 6.42 Å². The van der Waals surface area contributed by atoms with Crippen molar-refractivity contribution >= 4 is 36.4 Å². The SMILES string of the molecule is CN(C)C(=O)CCc1cccc(N)c1.Cl.Cl. The number of nitrogens with zero attached hydrogens (tertiary/aromatic N) is 1. The van der Waals surface area contributed by atoms with Gasteiger partial charge in [0.25, 0.3) is 0 Å². The van der Waals surface area contributed by atoms with Gasteiger partial charge in [-0.05, 0) is 24.1 Å². The van der Waals surface area contributed by atoms with Crippen LogP contribution in [-0.2, 0) is 11.2 Å². The molecular formula is C11H18Cl2N2O. The largest absolute Gasteiger partial charge is 0.399 e. The van der Waals surface area contributed by atoms with E-state index in [1.165, 1.54) is 0 Å². The first-order chi connectivity index (χ1) is 6.59.